The van der Waals surface area contributed by atoms with Crippen LogP contribution in [0.2, 0.25) is 0 Å². The highest BCUT2D eigenvalue weighted by atomic mass is 79.9. The summed E-state index contributed by atoms with van der Waals surface area (Å²) in [6, 6.07) is 13.2. The van der Waals surface area contributed by atoms with E-state index in [1.165, 1.54) is 0 Å². The summed E-state index contributed by atoms with van der Waals surface area (Å²) in [7, 11) is 0. The number of rotatable bonds is 2. The standard InChI is InChI=1S/C17H12BrN3O2/c18-11-5-6-13-12(7-11)14-15(23-13)17(22)21-16(20-14)10-3-1-9(8-19)2-4-10/h1-7H,8,19H2,(H,20,21,22). The van der Waals surface area contributed by atoms with E-state index in [9.17, 15) is 4.79 Å². The molecule has 0 amide bonds. The van der Waals surface area contributed by atoms with E-state index in [2.05, 4.69) is 25.9 Å². The molecule has 4 rings (SSSR count). The van der Waals surface area contributed by atoms with E-state index < -0.39 is 0 Å². The van der Waals surface area contributed by atoms with Crippen LogP contribution in [0.15, 0.2) is 56.1 Å². The van der Waals surface area contributed by atoms with Crippen LogP contribution < -0.4 is 11.3 Å². The summed E-state index contributed by atoms with van der Waals surface area (Å²) in [5, 5.41) is 0.806. The number of benzene rings is 2. The zero-order valence-corrected chi connectivity index (χ0v) is 13.6. The lowest BCUT2D eigenvalue weighted by atomic mass is 10.1. The normalized spacial score (nSPS) is 11.4. The molecule has 0 saturated heterocycles. The third-order valence-electron chi connectivity index (χ3n) is 3.75. The number of nitrogens with zero attached hydrogens (tertiary/aromatic N) is 1. The fourth-order valence-electron chi connectivity index (χ4n) is 2.56. The monoisotopic (exact) mass is 369 g/mol. The number of hydrogen-bond donors (Lipinski definition) is 2. The van der Waals surface area contributed by atoms with Crippen molar-refractivity contribution in [3.8, 4) is 11.4 Å². The third-order valence-corrected chi connectivity index (χ3v) is 4.24. The van der Waals surface area contributed by atoms with Gasteiger partial charge in [-0.15, -0.1) is 0 Å². The first kappa shape index (κ1) is 14.2. The van der Waals surface area contributed by atoms with Crippen molar-refractivity contribution in [3.63, 3.8) is 0 Å². The van der Waals surface area contributed by atoms with E-state index in [1.54, 1.807) is 0 Å². The molecular weight excluding hydrogens is 358 g/mol. The van der Waals surface area contributed by atoms with Crippen molar-refractivity contribution in [2.45, 2.75) is 6.54 Å². The first-order valence-corrected chi connectivity index (χ1v) is 7.86. The SMILES string of the molecule is NCc1ccc(-c2nc3c(oc4ccc(Br)cc43)c(=O)[nH]2)cc1. The van der Waals surface area contributed by atoms with Gasteiger partial charge in [0.25, 0.3) is 5.56 Å². The lowest BCUT2D eigenvalue weighted by molar-refractivity contribution is 0.661. The molecule has 2 aromatic heterocycles. The molecule has 0 aliphatic carbocycles. The number of aromatic nitrogens is 2. The third kappa shape index (κ3) is 2.36. The first-order valence-electron chi connectivity index (χ1n) is 7.07. The number of hydrogen-bond acceptors (Lipinski definition) is 4. The smallest absolute Gasteiger partial charge is 0.294 e. The van der Waals surface area contributed by atoms with Gasteiger partial charge in [0.05, 0.1) is 0 Å². The number of H-pyrrole nitrogens is 1. The second-order valence-corrected chi connectivity index (χ2v) is 6.15. The zero-order chi connectivity index (χ0) is 16.0. The predicted octanol–water partition coefficient (Wildman–Crippen LogP) is 3.56. The van der Waals surface area contributed by atoms with Crippen molar-refractivity contribution < 1.29 is 4.42 Å². The van der Waals surface area contributed by atoms with Gasteiger partial charge >= 0.3 is 0 Å². The van der Waals surface area contributed by atoms with Gasteiger partial charge in [0.1, 0.15) is 16.9 Å². The van der Waals surface area contributed by atoms with E-state index in [4.69, 9.17) is 10.2 Å². The Hall–Kier alpha value is -2.44. The molecule has 114 valence electrons. The Morgan fingerprint density at radius 2 is 1.96 bits per heavy atom. The van der Waals surface area contributed by atoms with Crippen LogP contribution in [-0.4, -0.2) is 9.97 Å². The van der Waals surface area contributed by atoms with Crippen molar-refractivity contribution >= 4 is 38.0 Å². The highest BCUT2D eigenvalue weighted by molar-refractivity contribution is 9.10. The molecule has 0 bridgehead atoms. The second kappa shape index (κ2) is 5.33. The molecule has 0 atom stereocenters. The van der Waals surface area contributed by atoms with Gasteiger partial charge in [-0.25, -0.2) is 4.98 Å². The van der Waals surface area contributed by atoms with Crippen LogP contribution in [0.25, 0.3) is 33.5 Å². The van der Waals surface area contributed by atoms with E-state index >= 15 is 0 Å². The van der Waals surface area contributed by atoms with Gasteiger partial charge in [0.15, 0.2) is 0 Å². The van der Waals surface area contributed by atoms with Crippen LogP contribution >= 0.6 is 15.9 Å². The summed E-state index contributed by atoms with van der Waals surface area (Å²) in [4.78, 5) is 19.7. The lowest BCUT2D eigenvalue weighted by Gasteiger charge is -2.02. The fourth-order valence-corrected chi connectivity index (χ4v) is 2.92. The molecule has 0 spiro atoms. The number of furan rings is 1. The molecule has 0 fully saturated rings. The Labute approximate surface area is 139 Å². The molecule has 0 aliphatic rings. The summed E-state index contributed by atoms with van der Waals surface area (Å²) in [5.41, 5.74) is 8.60. The quantitative estimate of drug-likeness (QED) is 0.565. The number of fused-ring (bicyclic) bond motifs is 3. The molecular formula is C17H12BrN3O2. The van der Waals surface area contributed by atoms with E-state index in [1.807, 2.05) is 42.5 Å². The Kier molecular flexibility index (Phi) is 3.28. The Bertz CT molecular complexity index is 1080. The summed E-state index contributed by atoms with van der Waals surface area (Å²) in [6.07, 6.45) is 0. The number of aromatic amines is 1. The first-order chi connectivity index (χ1) is 11.2. The van der Waals surface area contributed by atoms with Gasteiger partial charge in [-0.1, -0.05) is 40.2 Å². The molecule has 23 heavy (non-hydrogen) atoms. The summed E-state index contributed by atoms with van der Waals surface area (Å²) >= 11 is 3.43. The second-order valence-electron chi connectivity index (χ2n) is 5.24. The van der Waals surface area contributed by atoms with Gasteiger partial charge in [0.2, 0.25) is 5.58 Å². The molecule has 0 radical (unpaired) electrons. The average Bonchev–Trinajstić information content (AvgIpc) is 2.93. The minimum Gasteiger partial charge on any atom is -0.449 e. The number of nitrogens with one attached hydrogen (secondary N) is 1. The Balaban J connectivity index is 1.99. The molecule has 2 heterocycles. The van der Waals surface area contributed by atoms with Gasteiger partial charge in [-0.3, -0.25) is 4.79 Å². The van der Waals surface area contributed by atoms with Gasteiger partial charge in [-0.05, 0) is 23.8 Å². The maximum atomic E-state index is 12.3. The summed E-state index contributed by atoms with van der Waals surface area (Å²) < 4.78 is 6.53. The summed E-state index contributed by atoms with van der Waals surface area (Å²) in [5.74, 6) is 0.508. The van der Waals surface area contributed by atoms with Gasteiger partial charge < -0.3 is 15.1 Å². The molecule has 6 heteroatoms. The van der Waals surface area contributed by atoms with Crippen LogP contribution in [0.3, 0.4) is 0 Å². The fraction of sp³-hybridized carbons (Fsp3) is 0.0588. The van der Waals surface area contributed by atoms with Crippen molar-refractivity contribution in [1.29, 1.82) is 0 Å². The topological polar surface area (TPSA) is 84.9 Å². The Morgan fingerprint density at radius 3 is 2.70 bits per heavy atom. The largest absolute Gasteiger partial charge is 0.449 e. The van der Waals surface area contributed by atoms with Crippen molar-refractivity contribution in [2.75, 3.05) is 0 Å². The number of nitrogens with two attached hydrogens (primary N) is 1. The highest BCUT2D eigenvalue weighted by Gasteiger charge is 2.14. The van der Waals surface area contributed by atoms with Crippen LogP contribution in [0.4, 0.5) is 0 Å². The van der Waals surface area contributed by atoms with Gasteiger partial charge in [-0.2, -0.15) is 0 Å². The van der Waals surface area contributed by atoms with Crippen LogP contribution in [0, 0.1) is 0 Å². The van der Waals surface area contributed by atoms with Crippen molar-refractivity contribution in [1.82, 2.24) is 9.97 Å². The van der Waals surface area contributed by atoms with Gasteiger partial charge in [0, 0.05) is 22.0 Å². The molecule has 4 aromatic rings. The molecule has 2 aromatic carbocycles. The maximum absolute atomic E-state index is 12.3. The van der Waals surface area contributed by atoms with E-state index in [0.717, 1.165) is 21.0 Å². The zero-order valence-electron chi connectivity index (χ0n) is 12.0. The molecule has 3 N–H and O–H groups in total. The molecule has 0 aliphatic heterocycles. The number of halogens is 1. The lowest BCUT2D eigenvalue weighted by Crippen LogP contribution is -2.08. The van der Waals surface area contributed by atoms with Crippen LogP contribution in [-0.2, 0) is 6.54 Å². The van der Waals surface area contributed by atoms with E-state index in [0.29, 0.717) is 23.5 Å². The maximum Gasteiger partial charge on any atom is 0.294 e. The highest BCUT2D eigenvalue weighted by Crippen LogP contribution is 2.29. The Morgan fingerprint density at radius 1 is 1.17 bits per heavy atom. The summed E-state index contributed by atoms with van der Waals surface area (Å²) in [6.45, 7) is 0.476. The molecule has 0 saturated carbocycles. The minimum absolute atomic E-state index is 0.237. The molecule has 5 nitrogen and oxygen atoms in total. The van der Waals surface area contributed by atoms with Crippen molar-refractivity contribution in [2.24, 2.45) is 5.73 Å². The van der Waals surface area contributed by atoms with Crippen LogP contribution in [0.1, 0.15) is 5.56 Å². The molecule has 0 unspecified atom stereocenters. The van der Waals surface area contributed by atoms with Crippen molar-refractivity contribution in [3.05, 3.63) is 62.9 Å². The predicted molar refractivity (Wildman–Crippen MR) is 93.2 cm³/mol. The average molecular weight is 370 g/mol. The van der Waals surface area contributed by atoms with E-state index in [-0.39, 0.29) is 11.1 Å². The van der Waals surface area contributed by atoms with Crippen LogP contribution in [0.5, 0.6) is 0 Å². The minimum atomic E-state index is -0.291.